The number of carbonyl (C=O) groups excluding carboxylic acids is 2. The quantitative estimate of drug-likeness (QED) is 0.498. The average molecular weight is 200 g/mol. The van der Waals surface area contributed by atoms with E-state index in [0.29, 0.717) is 13.0 Å². The summed E-state index contributed by atoms with van der Waals surface area (Å²) in [5, 5.41) is 0. The Bertz CT molecular complexity index is 220. The summed E-state index contributed by atoms with van der Waals surface area (Å²) in [5.74, 6) is -0.775. The molecule has 0 aliphatic heterocycles. The van der Waals surface area contributed by atoms with E-state index in [9.17, 15) is 9.59 Å². The molecule has 14 heavy (non-hydrogen) atoms. The standard InChI is InChI=1S/C10H16O4/c1-4-9(14-8(3)11)6-7-10(12)13-5-2/h6-7,9H,4-5H2,1-3H3/b7-6+/t9-/m1/s1. The van der Waals surface area contributed by atoms with E-state index in [-0.39, 0.29) is 12.1 Å². The molecule has 0 saturated heterocycles. The zero-order valence-corrected chi connectivity index (χ0v) is 8.78. The second-order valence-corrected chi connectivity index (χ2v) is 2.67. The van der Waals surface area contributed by atoms with Crippen LogP contribution in [0.3, 0.4) is 0 Å². The van der Waals surface area contributed by atoms with Gasteiger partial charge in [-0.3, -0.25) is 4.79 Å². The van der Waals surface area contributed by atoms with Gasteiger partial charge in [0.15, 0.2) is 0 Å². The van der Waals surface area contributed by atoms with E-state index < -0.39 is 5.97 Å². The SMILES string of the molecule is CCOC(=O)/C=C/[C@@H](CC)OC(C)=O. The van der Waals surface area contributed by atoms with Crippen molar-refractivity contribution in [3.8, 4) is 0 Å². The Balaban J connectivity index is 4.03. The Morgan fingerprint density at radius 3 is 2.43 bits per heavy atom. The lowest BCUT2D eigenvalue weighted by Gasteiger charge is -2.09. The molecule has 0 bridgehead atoms. The van der Waals surface area contributed by atoms with Gasteiger partial charge in [0.25, 0.3) is 0 Å². The number of rotatable bonds is 5. The second kappa shape index (κ2) is 7.12. The van der Waals surface area contributed by atoms with E-state index in [0.717, 1.165) is 0 Å². The fourth-order valence-electron chi connectivity index (χ4n) is 0.848. The van der Waals surface area contributed by atoms with E-state index in [4.69, 9.17) is 4.74 Å². The van der Waals surface area contributed by atoms with Crippen LogP contribution in [-0.4, -0.2) is 24.6 Å². The lowest BCUT2D eigenvalue weighted by molar-refractivity contribution is -0.144. The van der Waals surface area contributed by atoms with Crippen LogP contribution in [0.15, 0.2) is 12.2 Å². The summed E-state index contributed by atoms with van der Waals surface area (Å²) in [6, 6.07) is 0. The summed E-state index contributed by atoms with van der Waals surface area (Å²) in [5.41, 5.74) is 0. The topological polar surface area (TPSA) is 52.6 Å². The first-order valence-electron chi connectivity index (χ1n) is 4.62. The van der Waals surface area contributed by atoms with Crippen molar-refractivity contribution in [1.29, 1.82) is 0 Å². The summed E-state index contributed by atoms with van der Waals surface area (Å²) in [7, 11) is 0. The normalized spacial score (nSPS) is 12.5. The predicted molar refractivity (Wildman–Crippen MR) is 51.6 cm³/mol. The van der Waals surface area contributed by atoms with Gasteiger partial charge < -0.3 is 9.47 Å². The molecular weight excluding hydrogens is 184 g/mol. The molecule has 0 saturated carbocycles. The molecule has 0 amide bonds. The predicted octanol–water partition coefficient (Wildman–Crippen LogP) is 1.45. The van der Waals surface area contributed by atoms with Gasteiger partial charge in [0.2, 0.25) is 0 Å². The van der Waals surface area contributed by atoms with Crippen LogP contribution in [0, 0.1) is 0 Å². The van der Waals surface area contributed by atoms with Crippen molar-refractivity contribution in [1.82, 2.24) is 0 Å². The second-order valence-electron chi connectivity index (χ2n) is 2.67. The molecule has 0 aromatic rings. The van der Waals surface area contributed by atoms with E-state index in [1.807, 2.05) is 6.92 Å². The van der Waals surface area contributed by atoms with Gasteiger partial charge in [-0.1, -0.05) is 6.92 Å². The fourth-order valence-corrected chi connectivity index (χ4v) is 0.848. The highest BCUT2D eigenvalue weighted by Crippen LogP contribution is 2.00. The van der Waals surface area contributed by atoms with Crippen molar-refractivity contribution in [3.05, 3.63) is 12.2 Å². The Hall–Kier alpha value is -1.32. The van der Waals surface area contributed by atoms with Crippen molar-refractivity contribution < 1.29 is 19.1 Å². The average Bonchev–Trinajstić information content (AvgIpc) is 2.12. The van der Waals surface area contributed by atoms with Gasteiger partial charge in [-0.15, -0.1) is 0 Å². The van der Waals surface area contributed by atoms with Crippen molar-refractivity contribution >= 4 is 11.9 Å². The van der Waals surface area contributed by atoms with E-state index in [1.54, 1.807) is 6.92 Å². The summed E-state index contributed by atoms with van der Waals surface area (Å²) in [4.78, 5) is 21.5. The van der Waals surface area contributed by atoms with Gasteiger partial charge in [0.05, 0.1) is 6.61 Å². The van der Waals surface area contributed by atoms with Crippen LogP contribution in [0.2, 0.25) is 0 Å². The first kappa shape index (κ1) is 12.7. The molecule has 4 heteroatoms. The highest BCUT2D eigenvalue weighted by Gasteiger charge is 2.05. The van der Waals surface area contributed by atoms with Gasteiger partial charge in [0, 0.05) is 13.0 Å². The third kappa shape index (κ3) is 6.22. The van der Waals surface area contributed by atoms with Crippen LogP contribution in [0.4, 0.5) is 0 Å². The first-order chi connectivity index (χ1) is 6.60. The minimum absolute atomic E-state index is 0.341. The van der Waals surface area contributed by atoms with Gasteiger partial charge in [0.1, 0.15) is 6.10 Å². The molecule has 0 rings (SSSR count). The van der Waals surface area contributed by atoms with Crippen LogP contribution >= 0.6 is 0 Å². The molecule has 0 aromatic heterocycles. The smallest absolute Gasteiger partial charge is 0.330 e. The molecule has 0 heterocycles. The summed E-state index contributed by atoms with van der Waals surface area (Å²) >= 11 is 0. The number of esters is 2. The fraction of sp³-hybridized carbons (Fsp3) is 0.600. The number of hydrogen-bond donors (Lipinski definition) is 0. The third-order valence-electron chi connectivity index (χ3n) is 1.45. The van der Waals surface area contributed by atoms with Gasteiger partial charge >= 0.3 is 11.9 Å². The first-order valence-corrected chi connectivity index (χ1v) is 4.62. The molecule has 0 radical (unpaired) electrons. The monoisotopic (exact) mass is 200 g/mol. The highest BCUT2D eigenvalue weighted by molar-refractivity contribution is 5.82. The molecule has 0 unspecified atom stereocenters. The van der Waals surface area contributed by atoms with Crippen LogP contribution in [-0.2, 0) is 19.1 Å². The number of ether oxygens (including phenoxy) is 2. The van der Waals surface area contributed by atoms with E-state index >= 15 is 0 Å². The largest absolute Gasteiger partial charge is 0.463 e. The van der Waals surface area contributed by atoms with E-state index in [1.165, 1.54) is 19.1 Å². The molecule has 0 N–H and O–H groups in total. The van der Waals surface area contributed by atoms with Crippen molar-refractivity contribution in [2.45, 2.75) is 33.3 Å². The molecule has 0 aromatic carbocycles. The molecule has 1 atom stereocenters. The molecule has 0 fully saturated rings. The summed E-state index contributed by atoms with van der Waals surface area (Å²) in [6.45, 7) is 5.27. The third-order valence-corrected chi connectivity index (χ3v) is 1.45. The molecule has 0 aliphatic rings. The summed E-state index contributed by atoms with van der Waals surface area (Å²) in [6.07, 6.45) is 3.09. The van der Waals surface area contributed by atoms with Crippen LogP contribution < -0.4 is 0 Å². The van der Waals surface area contributed by atoms with Gasteiger partial charge in [-0.2, -0.15) is 0 Å². The zero-order valence-electron chi connectivity index (χ0n) is 8.78. The minimum atomic E-state index is -0.418. The number of carbonyl (C=O) groups is 2. The van der Waals surface area contributed by atoms with Crippen LogP contribution in [0.5, 0.6) is 0 Å². The van der Waals surface area contributed by atoms with E-state index in [2.05, 4.69) is 4.74 Å². The van der Waals surface area contributed by atoms with Crippen molar-refractivity contribution in [2.24, 2.45) is 0 Å². The Kier molecular flexibility index (Phi) is 6.45. The van der Waals surface area contributed by atoms with Crippen molar-refractivity contribution in [3.63, 3.8) is 0 Å². The molecular formula is C10H16O4. The Labute approximate surface area is 83.9 Å². The maximum atomic E-state index is 10.9. The molecule has 80 valence electrons. The lowest BCUT2D eigenvalue weighted by Crippen LogP contribution is -2.13. The molecule has 0 spiro atoms. The summed E-state index contributed by atoms with van der Waals surface area (Å²) < 4.78 is 9.57. The van der Waals surface area contributed by atoms with Gasteiger partial charge in [-0.05, 0) is 19.4 Å². The van der Waals surface area contributed by atoms with Crippen LogP contribution in [0.25, 0.3) is 0 Å². The molecule has 0 aliphatic carbocycles. The maximum Gasteiger partial charge on any atom is 0.330 e. The van der Waals surface area contributed by atoms with Crippen molar-refractivity contribution in [2.75, 3.05) is 6.61 Å². The van der Waals surface area contributed by atoms with Gasteiger partial charge in [-0.25, -0.2) is 4.79 Å². The lowest BCUT2D eigenvalue weighted by atomic mass is 10.2. The molecule has 4 nitrogen and oxygen atoms in total. The zero-order chi connectivity index (χ0) is 11.0. The maximum absolute atomic E-state index is 10.9. The van der Waals surface area contributed by atoms with Crippen LogP contribution in [0.1, 0.15) is 27.2 Å². The Morgan fingerprint density at radius 1 is 1.36 bits per heavy atom. The number of hydrogen-bond acceptors (Lipinski definition) is 4. The highest BCUT2D eigenvalue weighted by atomic mass is 16.5. The Morgan fingerprint density at radius 2 is 2.00 bits per heavy atom. The minimum Gasteiger partial charge on any atom is -0.463 e.